The Kier molecular flexibility index (Phi) is 2.09. The summed E-state index contributed by atoms with van der Waals surface area (Å²) in [6, 6.07) is 4.69. The molecule has 0 fully saturated rings. The lowest BCUT2D eigenvalue weighted by Crippen LogP contribution is -2.13. The van der Waals surface area contributed by atoms with E-state index in [1.807, 2.05) is 20.8 Å². The quantitative estimate of drug-likeness (QED) is 0.631. The lowest BCUT2D eigenvalue weighted by Gasteiger charge is -2.19. The van der Waals surface area contributed by atoms with Crippen LogP contribution in [0.1, 0.15) is 26.3 Å². The van der Waals surface area contributed by atoms with Crippen LogP contribution in [0.3, 0.4) is 0 Å². The van der Waals surface area contributed by atoms with E-state index >= 15 is 0 Å². The van der Waals surface area contributed by atoms with Gasteiger partial charge in [-0.3, -0.25) is 0 Å². The highest BCUT2D eigenvalue weighted by Gasteiger charge is 2.19. The second-order valence-corrected chi connectivity index (χ2v) is 3.89. The molecule has 66 valence electrons. The van der Waals surface area contributed by atoms with Crippen LogP contribution in [0.2, 0.25) is 0 Å². The molecular formula is C10H13FO. The van der Waals surface area contributed by atoms with Crippen molar-refractivity contribution in [1.82, 2.24) is 0 Å². The highest BCUT2D eigenvalue weighted by atomic mass is 19.1. The van der Waals surface area contributed by atoms with Gasteiger partial charge in [-0.2, -0.15) is 0 Å². The van der Waals surface area contributed by atoms with Gasteiger partial charge in [0.15, 0.2) is 11.6 Å². The summed E-state index contributed by atoms with van der Waals surface area (Å²) in [5, 5.41) is 9.09. The summed E-state index contributed by atoms with van der Waals surface area (Å²) in [6.07, 6.45) is 0. The van der Waals surface area contributed by atoms with Crippen LogP contribution in [-0.2, 0) is 5.41 Å². The lowest BCUT2D eigenvalue weighted by molar-refractivity contribution is 0.417. The molecule has 0 aliphatic rings. The van der Waals surface area contributed by atoms with Gasteiger partial charge in [-0.25, -0.2) is 4.39 Å². The van der Waals surface area contributed by atoms with Crippen molar-refractivity contribution in [2.45, 2.75) is 26.2 Å². The first-order valence-corrected chi connectivity index (χ1v) is 3.91. The number of benzene rings is 1. The predicted molar refractivity (Wildman–Crippen MR) is 46.8 cm³/mol. The molecule has 0 spiro atoms. The average Bonchev–Trinajstić information content (AvgIpc) is 1.92. The molecule has 1 nitrogen and oxygen atoms in total. The number of aromatic hydroxyl groups is 1. The van der Waals surface area contributed by atoms with Crippen LogP contribution in [0.15, 0.2) is 18.2 Å². The molecule has 0 saturated heterocycles. The van der Waals surface area contributed by atoms with E-state index < -0.39 is 5.82 Å². The first-order valence-electron chi connectivity index (χ1n) is 3.91. The number of hydrogen-bond acceptors (Lipinski definition) is 1. The summed E-state index contributed by atoms with van der Waals surface area (Å²) in [5.74, 6) is -0.785. The Morgan fingerprint density at radius 1 is 1.25 bits per heavy atom. The number of hydrogen-bond donors (Lipinski definition) is 1. The van der Waals surface area contributed by atoms with Gasteiger partial charge < -0.3 is 5.11 Å². The summed E-state index contributed by atoms with van der Waals surface area (Å²) >= 11 is 0. The van der Waals surface area contributed by atoms with E-state index in [0.717, 1.165) is 0 Å². The maximum Gasteiger partial charge on any atom is 0.168 e. The third-order valence-corrected chi connectivity index (χ3v) is 1.79. The molecule has 0 aromatic heterocycles. The van der Waals surface area contributed by atoms with E-state index in [1.54, 1.807) is 12.1 Å². The van der Waals surface area contributed by atoms with Crippen molar-refractivity contribution in [3.63, 3.8) is 0 Å². The van der Waals surface area contributed by atoms with Crippen molar-refractivity contribution in [2.75, 3.05) is 0 Å². The van der Waals surface area contributed by atoms with Gasteiger partial charge in [0, 0.05) is 0 Å². The van der Waals surface area contributed by atoms with Crippen molar-refractivity contribution in [2.24, 2.45) is 0 Å². The van der Waals surface area contributed by atoms with Crippen molar-refractivity contribution in [1.29, 1.82) is 0 Å². The highest BCUT2D eigenvalue weighted by Crippen LogP contribution is 2.29. The first kappa shape index (κ1) is 9.04. The molecule has 1 aromatic rings. The minimum Gasteiger partial charge on any atom is -0.505 e. The Morgan fingerprint density at radius 2 is 1.83 bits per heavy atom. The Labute approximate surface area is 71.9 Å². The standard InChI is InChI=1S/C10H13FO/c1-10(2,3)7-5-4-6-8(12)9(7)11/h4-6,12H,1-3H3. The van der Waals surface area contributed by atoms with Gasteiger partial charge in [-0.15, -0.1) is 0 Å². The molecule has 0 heterocycles. The molecule has 0 aliphatic heterocycles. The summed E-state index contributed by atoms with van der Waals surface area (Å²) in [4.78, 5) is 0. The fraction of sp³-hybridized carbons (Fsp3) is 0.400. The third kappa shape index (κ3) is 1.58. The molecule has 1 rings (SSSR count). The zero-order valence-electron chi connectivity index (χ0n) is 7.56. The smallest absolute Gasteiger partial charge is 0.168 e. The fourth-order valence-corrected chi connectivity index (χ4v) is 1.10. The van der Waals surface area contributed by atoms with Gasteiger partial charge in [0.25, 0.3) is 0 Å². The molecule has 12 heavy (non-hydrogen) atoms. The average molecular weight is 168 g/mol. The Bertz CT molecular complexity index is 286. The van der Waals surface area contributed by atoms with Crippen LogP contribution in [0.4, 0.5) is 4.39 Å². The second kappa shape index (κ2) is 2.77. The second-order valence-electron chi connectivity index (χ2n) is 3.89. The van der Waals surface area contributed by atoms with Crippen LogP contribution in [0.25, 0.3) is 0 Å². The summed E-state index contributed by atoms with van der Waals surface area (Å²) in [6.45, 7) is 5.72. The highest BCUT2D eigenvalue weighted by molar-refractivity contribution is 5.33. The topological polar surface area (TPSA) is 20.2 Å². The van der Waals surface area contributed by atoms with Gasteiger partial charge in [0.05, 0.1) is 0 Å². The summed E-state index contributed by atoms with van der Waals surface area (Å²) < 4.78 is 13.2. The lowest BCUT2D eigenvalue weighted by atomic mass is 9.86. The zero-order valence-corrected chi connectivity index (χ0v) is 7.56. The van der Waals surface area contributed by atoms with E-state index in [2.05, 4.69) is 0 Å². The molecule has 0 bridgehead atoms. The predicted octanol–water partition coefficient (Wildman–Crippen LogP) is 2.83. The van der Waals surface area contributed by atoms with E-state index in [0.29, 0.717) is 5.56 Å². The number of halogens is 1. The fourth-order valence-electron chi connectivity index (χ4n) is 1.10. The van der Waals surface area contributed by atoms with Crippen molar-refractivity contribution < 1.29 is 9.50 Å². The van der Waals surface area contributed by atoms with E-state index in [-0.39, 0.29) is 11.2 Å². The van der Waals surface area contributed by atoms with Crippen LogP contribution >= 0.6 is 0 Å². The number of rotatable bonds is 0. The van der Waals surface area contributed by atoms with Gasteiger partial charge in [-0.05, 0) is 17.0 Å². The van der Waals surface area contributed by atoms with Crippen LogP contribution in [0.5, 0.6) is 5.75 Å². The Hall–Kier alpha value is -1.05. The molecular weight excluding hydrogens is 155 g/mol. The van der Waals surface area contributed by atoms with Crippen molar-refractivity contribution in [3.8, 4) is 5.75 Å². The zero-order chi connectivity index (χ0) is 9.35. The molecule has 0 aliphatic carbocycles. The third-order valence-electron chi connectivity index (χ3n) is 1.79. The van der Waals surface area contributed by atoms with Gasteiger partial charge in [-0.1, -0.05) is 32.9 Å². The molecule has 0 atom stereocenters. The van der Waals surface area contributed by atoms with Crippen molar-refractivity contribution >= 4 is 0 Å². The number of phenols is 1. The van der Waals surface area contributed by atoms with Crippen LogP contribution < -0.4 is 0 Å². The molecule has 2 heteroatoms. The normalized spacial score (nSPS) is 11.7. The Morgan fingerprint density at radius 3 is 2.25 bits per heavy atom. The van der Waals surface area contributed by atoms with Gasteiger partial charge in [0.1, 0.15) is 0 Å². The minimum absolute atomic E-state index is 0.261. The molecule has 1 N–H and O–H groups in total. The van der Waals surface area contributed by atoms with E-state index in [9.17, 15) is 4.39 Å². The molecule has 0 radical (unpaired) electrons. The minimum atomic E-state index is -0.509. The number of phenolic OH excluding ortho intramolecular Hbond substituents is 1. The van der Waals surface area contributed by atoms with Crippen molar-refractivity contribution in [3.05, 3.63) is 29.6 Å². The maximum absolute atomic E-state index is 13.2. The maximum atomic E-state index is 13.2. The molecule has 1 aromatic carbocycles. The van der Waals surface area contributed by atoms with E-state index in [1.165, 1.54) is 6.07 Å². The van der Waals surface area contributed by atoms with Crippen LogP contribution in [0, 0.1) is 5.82 Å². The first-order chi connectivity index (χ1) is 5.43. The SMILES string of the molecule is CC(C)(C)c1cccc(O)c1F. The van der Waals surface area contributed by atoms with Crippen LogP contribution in [-0.4, -0.2) is 5.11 Å². The Balaban J connectivity index is 3.26. The summed E-state index contributed by atoms with van der Waals surface area (Å²) in [5.41, 5.74) is 0.283. The van der Waals surface area contributed by atoms with E-state index in [4.69, 9.17) is 5.11 Å². The summed E-state index contributed by atoms with van der Waals surface area (Å²) in [7, 11) is 0. The van der Waals surface area contributed by atoms with Gasteiger partial charge in [0.2, 0.25) is 0 Å². The van der Waals surface area contributed by atoms with Gasteiger partial charge >= 0.3 is 0 Å². The molecule has 0 unspecified atom stereocenters. The monoisotopic (exact) mass is 168 g/mol. The molecule has 0 saturated carbocycles. The largest absolute Gasteiger partial charge is 0.505 e. The molecule has 0 amide bonds.